The normalized spacial score (nSPS) is 14.9. The summed E-state index contributed by atoms with van der Waals surface area (Å²) in [5.74, 6) is 1.72. The van der Waals surface area contributed by atoms with E-state index >= 15 is 0 Å². The Morgan fingerprint density at radius 2 is 1.91 bits per heavy atom. The van der Waals surface area contributed by atoms with E-state index in [0.717, 1.165) is 22.2 Å². The van der Waals surface area contributed by atoms with Gasteiger partial charge in [-0.2, -0.15) is 0 Å². The molecule has 8 heteroatoms. The van der Waals surface area contributed by atoms with Gasteiger partial charge in [-0.3, -0.25) is 4.79 Å². The lowest BCUT2D eigenvalue weighted by Gasteiger charge is -2.27. The number of nitrogens with zero attached hydrogens (tertiary/aromatic N) is 3. The highest BCUT2D eigenvalue weighted by Crippen LogP contribution is 2.32. The molecule has 2 aromatic carbocycles. The molecule has 2 heterocycles. The highest BCUT2D eigenvalue weighted by atomic mass is 16.5. The molecule has 1 fully saturated rings. The van der Waals surface area contributed by atoms with E-state index in [2.05, 4.69) is 28.3 Å². The molecule has 1 aliphatic heterocycles. The van der Waals surface area contributed by atoms with Crippen molar-refractivity contribution in [2.24, 2.45) is 0 Å². The van der Waals surface area contributed by atoms with Crippen LogP contribution in [0, 0.1) is 13.8 Å². The van der Waals surface area contributed by atoms with Crippen molar-refractivity contribution in [1.29, 1.82) is 0 Å². The smallest absolute Gasteiger partial charge is 0.257 e. The first-order valence-electron chi connectivity index (χ1n) is 10.7. The molecule has 168 valence electrons. The number of rotatable bonds is 5. The summed E-state index contributed by atoms with van der Waals surface area (Å²) < 4.78 is 11.0. The Kier molecular flexibility index (Phi) is 6.14. The molecule has 1 aromatic heterocycles. The molecule has 0 spiro atoms. The van der Waals surface area contributed by atoms with Crippen LogP contribution in [0.4, 0.5) is 11.5 Å². The summed E-state index contributed by atoms with van der Waals surface area (Å²) in [6.07, 6.45) is 0. The lowest BCUT2D eigenvalue weighted by molar-refractivity contribution is 0.0301. The van der Waals surface area contributed by atoms with Gasteiger partial charge in [-0.15, -0.1) is 0 Å². The van der Waals surface area contributed by atoms with Crippen LogP contribution in [-0.4, -0.2) is 54.2 Å². The van der Waals surface area contributed by atoms with Crippen LogP contribution >= 0.6 is 0 Å². The molecule has 0 aliphatic carbocycles. The van der Waals surface area contributed by atoms with Gasteiger partial charge in [0, 0.05) is 24.2 Å². The molecule has 3 aromatic rings. The summed E-state index contributed by atoms with van der Waals surface area (Å²) in [6.45, 7) is 8.13. The Morgan fingerprint density at radius 3 is 2.59 bits per heavy atom. The molecule has 1 amide bonds. The minimum Gasteiger partial charge on any atom is -0.496 e. The van der Waals surface area contributed by atoms with Gasteiger partial charge in [-0.1, -0.05) is 6.07 Å². The first-order chi connectivity index (χ1) is 15.4. The van der Waals surface area contributed by atoms with Gasteiger partial charge in [0.2, 0.25) is 0 Å². The van der Waals surface area contributed by atoms with Crippen molar-refractivity contribution in [2.45, 2.75) is 26.8 Å². The van der Waals surface area contributed by atoms with Crippen molar-refractivity contribution in [1.82, 2.24) is 14.9 Å². The van der Waals surface area contributed by atoms with Crippen molar-refractivity contribution in [3.63, 3.8) is 0 Å². The van der Waals surface area contributed by atoms with Gasteiger partial charge in [0.15, 0.2) is 0 Å². The van der Waals surface area contributed by atoms with Crippen LogP contribution in [0.25, 0.3) is 10.9 Å². The van der Waals surface area contributed by atoms with Crippen LogP contribution in [0.15, 0.2) is 30.3 Å². The zero-order valence-corrected chi connectivity index (χ0v) is 18.9. The van der Waals surface area contributed by atoms with E-state index in [1.165, 1.54) is 0 Å². The molecule has 1 saturated heterocycles. The number of hydrogen-bond donors (Lipinski definition) is 2. The minimum atomic E-state index is -0.0820. The van der Waals surface area contributed by atoms with Gasteiger partial charge < -0.3 is 25.4 Å². The molecule has 1 aliphatic rings. The number of nitrogens with two attached hydrogens (primary N) is 1. The number of carbonyl (C=O) groups excluding carboxylic acids is 1. The number of hydrogen-bond acceptors (Lipinski definition) is 7. The van der Waals surface area contributed by atoms with E-state index in [1.807, 2.05) is 32.0 Å². The molecule has 4 rings (SSSR count). The summed E-state index contributed by atoms with van der Waals surface area (Å²) in [4.78, 5) is 24.1. The topological polar surface area (TPSA) is 103 Å². The van der Waals surface area contributed by atoms with Gasteiger partial charge in [-0.25, -0.2) is 9.97 Å². The molecule has 1 atom stereocenters. The second-order valence-electron chi connectivity index (χ2n) is 8.14. The first kappa shape index (κ1) is 21.8. The molecule has 32 heavy (non-hydrogen) atoms. The van der Waals surface area contributed by atoms with Gasteiger partial charge in [-0.05, 0) is 56.2 Å². The summed E-state index contributed by atoms with van der Waals surface area (Å²) in [6, 6.07) is 9.60. The second-order valence-corrected chi connectivity index (χ2v) is 8.14. The maximum atomic E-state index is 13.1. The van der Waals surface area contributed by atoms with E-state index in [-0.39, 0.29) is 11.9 Å². The largest absolute Gasteiger partial charge is 0.496 e. The molecule has 8 nitrogen and oxygen atoms in total. The number of carbonyl (C=O) groups is 1. The zero-order chi connectivity index (χ0) is 22.8. The first-order valence-corrected chi connectivity index (χ1v) is 10.7. The number of methoxy groups -OCH3 is 1. The predicted molar refractivity (Wildman–Crippen MR) is 125 cm³/mol. The highest BCUT2D eigenvalue weighted by Gasteiger charge is 2.23. The third-order valence-corrected chi connectivity index (χ3v) is 5.63. The van der Waals surface area contributed by atoms with Crippen LogP contribution in [0.5, 0.6) is 5.75 Å². The quantitative estimate of drug-likeness (QED) is 0.592. The maximum Gasteiger partial charge on any atom is 0.257 e. The van der Waals surface area contributed by atoms with Gasteiger partial charge in [0.1, 0.15) is 17.4 Å². The molecule has 0 saturated carbocycles. The third-order valence-electron chi connectivity index (χ3n) is 5.63. The summed E-state index contributed by atoms with van der Waals surface area (Å²) >= 11 is 0. The van der Waals surface area contributed by atoms with Crippen LogP contribution in [0.1, 0.15) is 40.3 Å². The second kappa shape index (κ2) is 9.00. The van der Waals surface area contributed by atoms with E-state index in [9.17, 15) is 4.79 Å². The lowest BCUT2D eigenvalue weighted by atomic mass is 10.0. The van der Waals surface area contributed by atoms with Crippen molar-refractivity contribution in [2.75, 3.05) is 44.5 Å². The summed E-state index contributed by atoms with van der Waals surface area (Å²) in [5, 5.41) is 4.28. The van der Waals surface area contributed by atoms with Crippen molar-refractivity contribution in [3.05, 3.63) is 52.8 Å². The highest BCUT2D eigenvalue weighted by molar-refractivity contribution is 6.02. The third kappa shape index (κ3) is 4.45. The molecule has 3 N–H and O–H groups in total. The maximum absolute atomic E-state index is 13.1. The SMILES string of the molecule is COc1cc2c(N[C@H](C)c3cc(C)cc(N)c3)nc(C)nc2cc1C(=O)N1CCOCC1. The fourth-order valence-corrected chi connectivity index (χ4v) is 4.04. The van der Waals surface area contributed by atoms with Gasteiger partial charge in [0.25, 0.3) is 5.91 Å². The van der Waals surface area contributed by atoms with Crippen molar-refractivity contribution in [3.8, 4) is 5.75 Å². The number of ether oxygens (including phenoxy) is 2. The summed E-state index contributed by atoms with van der Waals surface area (Å²) in [7, 11) is 1.57. The average Bonchev–Trinajstić information content (AvgIpc) is 2.77. The van der Waals surface area contributed by atoms with Crippen molar-refractivity contribution < 1.29 is 14.3 Å². The number of aromatic nitrogens is 2. The minimum absolute atomic E-state index is 0.0321. The van der Waals surface area contributed by atoms with Gasteiger partial charge >= 0.3 is 0 Å². The molecular formula is C24H29N5O3. The van der Waals surface area contributed by atoms with E-state index < -0.39 is 0 Å². The number of nitrogens with one attached hydrogen (secondary N) is 1. The fourth-order valence-electron chi connectivity index (χ4n) is 4.04. The van der Waals surface area contributed by atoms with Crippen LogP contribution in [0.2, 0.25) is 0 Å². The van der Waals surface area contributed by atoms with Crippen LogP contribution < -0.4 is 15.8 Å². The average molecular weight is 436 g/mol. The number of amides is 1. The zero-order valence-electron chi connectivity index (χ0n) is 18.9. The predicted octanol–water partition coefficient (Wildman–Crippen LogP) is 3.48. The lowest BCUT2D eigenvalue weighted by Crippen LogP contribution is -2.40. The standard InChI is InChI=1S/C24H29N5O3/c1-14-9-17(11-18(25)10-14)15(2)26-23-19-13-22(31-4)20(12-21(19)27-16(3)28-23)24(30)29-5-7-32-8-6-29/h9-13,15H,5-8,25H2,1-4H3,(H,26,27,28)/t15-/m1/s1. The number of aryl methyl sites for hydroxylation is 2. The van der Waals surface area contributed by atoms with Gasteiger partial charge in [0.05, 0.1) is 37.4 Å². The molecule has 0 unspecified atom stereocenters. The molecule has 0 radical (unpaired) electrons. The Bertz CT molecular complexity index is 1140. The monoisotopic (exact) mass is 435 g/mol. The Labute approximate surface area is 187 Å². The number of benzene rings is 2. The molecular weight excluding hydrogens is 406 g/mol. The summed E-state index contributed by atoms with van der Waals surface area (Å²) in [5.41, 5.74) is 10.1. The number of nitrogen functional groups attached to an aromatic ring is 1. The number of fused-ring (bicyclic) bond motifs is 1. The Hall–Kier alpha value is -3.39. The van der Waals surface area contributed by atoms with Crippen LogP contribution in [-0.2, 0) is 4.74 Å². The van der Waals surface area contributed by atoms with Crippen molar-refractivity contribution >= 4 is 28.3 Å². The van der Waals surface area contributed by atoms with Crippen LogP contribution in [0.3, 0.4) is 0 Å². The fraction of sp³-hybridized carbons (Fsp3) is 0.375. The Morgan fingerprint density at radius 1 is 1.16 bits per heavy atom. The number of anilines is 2. The van der Waals surface area contributed by atoms with E-state index in [4.69, 9.17) is 15.2 Å². The van der Waals surface area contributed by atoms with E-state index in [1.54, 1.807) is 18.1 Å². The number of morpholine rings is 1. The molecule has 0 bridgehead atoms. The Balaban J connectivity index is 1.73. The van der Waals surface area contributed by atoms with E-state index in [0.29, 0.717) is 54.8 Å².